The number of carbonyl (C=O) groups excluding carboxylic acids is 1. The summed E-state index contributed by atoms with van der Waals surface area (Å²) in [5, 5.41) is 21.3. The second kappa shape index (κ2) is 11.7. The zero-order valence-corrected chi connectivity index (χ0v) is 27.8. The molecule has 0 radical (unpaired) electrons. The van der Waals surface area contributed by atoms with Gasteiger partial charge in [-0.2, -0.15) is 14.4 Å². The number of fused-ring (bicyclic) bond motifs is 6. The van der Waals surface area contributed by atoms with Crippen molar-refractivity contribution in [3.05, 3.63) is 12.4 Å². The molecule has 1 aliphatic heterocycles. The summed E-state index contributed by atoms with van der Waals surface area (Å²) in [7, 11) is 0. The van der Waals surface area contributed by atoms with Gasteiger partial charge in [-0.3, -0.25) is 9.36 Å². The van der Waals surface area contributed by atoms with Crippen molar-refractivity contribution in [1.29, 1.82) is 0 Å². The SMILES string of the molecule is C[C@H](CCC(=O)OC[C@@]1(C)O[C@@H](n2cnc3c(N)nc(F)nc32)C[C@@H]1O)[C@H]1CC[C@H]2[C@@H]3CC[C@@H]4C[C@H](O)CC[C@]4(C)[C@H]3CC[C@]12C. The molecule has 4 aliphatic carbocycles. The predicted molar refractivity (Wildman–Crippen MR) is 169 cm³/mol. The van der Waals surface area contributed by atoms with Crippen LogP contribution in [0.25, 0.3) is 11.2 Å². The Morgan fingerprint density at radius 3 is 2.65 bits per heavy atom. The van der Waals surface area contributed by atoms with Crippen molar-refractivity contribution in [2.24, 2.45) is 46.3 Å². The van der Waals surface area contributed by atoms with E-state index in [4.69, 9.17) is 15.2 Å². The molecule has 254 valence electrons. The lowest BCUT2D eigenvalue weighted by molar-refractivity contribution is -0.163. The van der Waals surface area contributed by atoms with Crippen LogP contribution in [0.15, 0.2) is 6.33 Å². The second-order valence-electron chi connectivity index (χ2n) is 16.3. The number of nitrogen functional groups attached to an aromatic ring is 1. The third-order valence-corrected chi connectivity index (χ3v) is 14.0. The fourth-order valence-electron chi connectivity index (χ4n) is 11.4. The number of aliphatic hydroxyl groups is 2. The average Bonchev–Trinajstić information content (AvgIpc) is 3.68. The number of halogens is 1. The Kier molecular flexibility index (Phi) is 8.15. The first-order valence-electron chi connectivity index (χ1n) is 17.7. The number of esters is 1. The minimum Gasteiger partial charge on any atom is -0.462 e. The van der Waals surface area contributed by atoms with Crippen molar-refractivity contribution >= 4 is 23.0 Å². The first-order valence-corrected chi connectivity index (χ1v) is 17.7. The summed E-state index contributed by atoms with van der Waals surface area (Å²) < 4.78 is 27.3. The maximum Gasteiger partial charge on any atom is 0.312 e. The summed E-state index contributed by atoms with van der Waals surface area (Å²) in [4.78, 5) is 24.5. The van der Waals surface area contributed by atoms with Gasteiger partial charge in [-0.15, -0.1) is 0 Å². The summed E-state index contributed by atoms with van der Waals surface area (Å²) in [5.41, 5.74) is 5.82. The molecule has 5 fully saturated rings. The van der Waals surface area contributed by atoms with E-state index in [1.807, 2.05) is 0 Å². The van der Waals surface area contributed by atoms with Crippen LogP contribution >= 0.6 is 0 Å². The van der Waals surface area contributed by atoms with Gasteiger partial charge >= 0.3 is 12.0 Å². The highest BCUT2D eigenvalue weighted by Crippen LogP contribution is 2.68. The highest BCUT2D eigenvalue weighted by atomic mass is 19.1. The molecule has 0 unspecified atom stereocenters. The van der Waals surface area contributed by atoms with E-state index >= 15 is 0 Å². The summed E-state index contributed by atoms with van der Waals surface area (Å²) in [6.07, 6.45) is 11.0. The minimum atomic E-state index is -1.13. The molecule has 7 rings (SSSR count). The Hall–Kier alpha value is -2.37. The number of hydrogen-bond acceptors (Lipinski definition) is 9. The van der Waals surface area contributed by atoms with Gasteiger partial charge in [0, 0.05) is 12.8 Å². The van der Waals surface area contributed by atoms with E-state index in [2.05, 4.69) is 35.7 Å². The predicted octanol–water partition coefficient (Wildman–Crippen LogP) is 5.57. The van der Waals surface area contributed by atoms with E-state index in [1.165, 1.54) is 55.8 Å². The average molecular weight is 642 g/mol. The number of carbonyl (C=O) groups is 1. The molecule has 4 N–H and O–H groups in total. The summed E-state index contributed by atoms with van der Waals surface area (Å²) in [5.74, 6) is 3.71. The van der Waals surface area contributed by atoms with Gasteiger partial charge in [0.05, 0.1) is 18.5 Å². The van der Waals surface area contributed by atoms with Crippen LogP contribution in [0.1, 0.15) is 111 Å². The lowest BCUT2D eigenvalue weighted by Crippen LogP contribution is -2.54. The topological polar surface area (TPSA) is 146 Å². The van der Waals surface area contributed by atoms with Crippen LogP contribution in [0.5, 0.6) is 0 Å². The standard InChI is InChI=1S/C35H52FN5O5/c1-19(23-8-9-24-22-7-6-20-15-21(42)11-13-33(20,2)25(22)12-14-34(23,24)3)5-10-28(44)45-17-35(4)26(43)16-27(46-35)41-18-38-29-30(37)39-32(36)40-31(29)41/h18-27,42-43H,5-17H2,1-4H3,(H2,37,39,40)/t19-,20-,21-,22+,23-,24+,25+,26+,27-,33+,34-,35-/m1/s1. The Morgan fingerprint density at radius 1 is 1.09 bits per heavy atom. The van der Waals surface area contributed by atoms with E-state index in [1.54, 1.807) is 6.92 Å². The normalized spacial score (nSPS) is 42.8. The number of aromatic nitrogens is 4. The van der Waals surface area contributed by atoms with Crippen LogP contribution in [0.3, 0.4) is 0 Å². The van der Waals surface area contributed by atoms with Crippen LogP contribution in [-0.4, -0.2) is 60.1 Å². The molecule has 3 heterocycles. The molecule has 0 amide bonds. The van der Waals surface area contributed by atoms with Crippen LogP contribution in [0, 0.1) is 52.4 Å². The fourth-order valence-corrected chi connectivity index (χ4v) is 11.4. The molecule has 10 nitrogen and oxygen atoms in total. The Morgan fingerprint density at radius 2 is 1.85 bits per heavy atom. The van der Waals surface area contributed by atoms with Crippen molar-refractivity contribution in [1.82, 2.24) is 19.5 Å². The lowest BCUT2D eigenvalue weighted by Gasteiger charge is -2.61. The first-order chi connectivity index (χ1) is 21.8. The number of aliphatic hydroxyl groups excluding tert-OH is 2. The molecular weight excluding hydrogens is 589 g/mol. The number of rotatable bonds is 7. The Bertz CT molecular complexity index is 1470. The number of hydrogen-bond donors (Lipinski definition) is 3. The summed E-state index contributed by atoms with van der Waals surface area (Å²) >= 11 is 0. The van der Waals surface area contributed by atoms with E-state index in [9.17, 15) is 19.4 Å². The number of nitrogens with zero attached hydrogens (tertiary/aromatic N) is 4. The quantitative estimate of drug-likeness (QED) is 0.261. The molecule has 1 saturated heterocycles. The van der Waals surface area contributed by atoms with Crippen molar-refractivity contribution in [3.8, 4) is 0 Å². The molecule has 5 aliphatic rings. The molecule has 4 saturated carbocycles. The molecule has 2 aromatic heterocycles. The van der Waals surface area contributed by atoms with Gasteiger partial charge in [-0.05, 0) is 117 Å². The molecular formula is C35H52FN5O5. The maximum atomic E-state index is 13.9. The largest absolute Gasteiger partial charge is 0.462 e. The molecule has 12 atom stereocenters. The number of nitrogens with two attached hydrogens (primary N) is 1. The third-order valence-electron chi connectivity index (χ3n) is 14.0. The highest BCUT2D eigenvalue weighted by Gasteiger charge is 2.60. The van der Waals surface area contributed by atoms with Gasteiger partial charge in [0.25, 0.3) is 0 Å². The lowest BCUT2D eigenvalue weighted by atomic mass is 9.44. The Balaban J connectivity index is 0.930. The summed E-state index contributed by atoms with van der Waals surface area (Å²) in [6.45, 7) is 9.05. The molecule has 0 bridgehead atoms. The molecule has 46 heavy (non-hydrogen) atoms. The summed E-state index contributed by atoms with van der Waals surface area (Å²) in [6, 6.07) is 0. The smallest absolute Gasteiger partial charge is 0.312 e. The maximum absolute atomic E-state index is 13.9. The van der Waals surface area contributed by atoms with Gasteiger partial charge in [0.15, 0.2) is 17.0 Å². The second-order valence-corrected chi connectivity index (χ2v) is 16.3. The molecule has 0 aromatic carbocycles. The van der Waals surface area contributed by atoms with Gasteiger partial charge in [-0.1, -0.05) is 20.8 Å². The van der Waals surface area contributed by atoms with Crippen molar-refractivity contribution < 1.29 is 28.9 Å². The van der Waals surface area contributed by atoms with E-state index in [0.717, 1.165) is 37.0 Å². The molecule has 0 spiro atoms. The van der Waals surface area contributed by atoms with Crippen LogP contribution < -0.4 is 5.73 Å². The van der Waals surface area contributed by atoms with Gasteiger partial charge in [0.2, 0.25) is 0 Å². The fraction of sp³-hybridized carbons (Fsp3) is 0.829. The van der Waals surface area contributed by atoms with E-state index in [0.29, 0.717) is 35.0 Å². The zero-order valence-electron chi connectivity index (χ0n) is 27.8. The number of anilines is 1. The van der Waals surface area contributed by atoms with Crippen molar-refractivity contribution in [2.45, 2.75) is 129 Å². The number of imidazole rings is 1. The monoisotopic (exact) mass is 641 g/mol. The number of ether oxygens (including phenoxy) is 2. The van der Waals surface area contributed by atoms with Crippen molar-refractivity contribution in [3.63, 3.8) is 0 Å². The van der Waals surface area contributed by atoms with Gasteiger partial charge < -0.3 is 25.4 Å². The highest BCUT2D eigenvalue weighted by molar-refractivity contribution is 5.81. The molecule has 2 aromatic rings. The van der Waals surface area contributed by atoms with Gasteiger partial charge in [0.1, 0.15) is 18.4 Å². The van der Waals surface area contributed by atoms with Crippen molar-refractivity contribution in [2.75, 3.05) is 12.3 Å². The van der Waals surface area contributed by atoms with Crippen LogP contribution in [-0.2, 0) is 14.3 Å². The first kappa shape index (κ1) is 32.2. The zero-order chi connectivity index (χ0) is 32.6. The van der Waals surface area contributed by atoms with Crippen LogP contribution in [0.2, 0.25) is 0 Å². The van der Waals surface area contributed by atoms with Crippen LogP contribution in [0.4, 0.5) is 10.2 Å². The minimum absolute atomic E-state index is 0.0667. The Labute approximate surface area is 271 Å². The van der Waals surface area contributed by atoms with E-state index in [-0.39, 0.29) is 42.1 Å². The third kappa shape index (κ3) is 5.23. The molecule has 11 heteroatoms. The van der Waals surface area contributed by atoms with Gasteiger partial charge in [-0.25, -0.2) is 4.98 Å². The van der Waals surface area contributed by atoms with E-state index < -0.39 is 24.0 Å².